The summed E-state index contributed by atoms with van der Waals surface area (Å²) in [7, 11) is -1.39. The van der Waals surface area contributed by atoms with E-state index < -0.39 is 24.6 Å². The number of hydrogen-bond acceptors (Lipinski definition) is 9. The van der Waals surface area contributed by atoms with Crippen LogP contribution in [-0.4, -0.2) is 41.9 Å². The van der Waals surface area contributed by atoms with Gasteiger partial charge in [0, 0.05) is 11.8 Å². The maximum Gasteiger partial charge on any atom is 0.399 e. The Hall–Kier alpha value is -3.40. The van der Waals surface area contributed by atoms with E-state index in [1.807, 2.05) is 30.3 Å². The second kappa shape index (κ2) is 11.1. The van der Waals surface area contributed by atoms with Gasteiger partial charge < -0.3 is 24.0 Å². The van der Waals surface area contributed by atoms with Gasteiger partial charge in [0.15, 0.2) is 11.6 Å². The van der Waals surface area contributed by atoms with Crippen LogP contribution >= 0.6 is 7.60 Å². The average Bonchev–Trinajstić information content (AvgIpc) is 2.84. The van der Waals surface area contributed by atoms with Gasteiger partial charge in [-0.3, -0.25) is 14.3 Å². The zero-order valence-corrected chi connectivity index (χ0v) is 20.2. The summed E-state index contributed by atoms with van der Waals surface area (Å²) in [5.74, 6) is -1.12. The van der Waals surface area contributed by atoms with Crippen molar-refractivity contribution < 1.29 is 23.3 Å². The topological polar surface area (TPSA) is 123 Å². The summed E-state index contributed by atoms with van der Waals surface area (Å²) in [6.07, 6.45) is 1.69. The lowest BCUT2D eigenvalue weighted by Crippen LogP contribution is -2.45. The Balaban J connectivity index is 2.12. The predicted molar refractivity (Wildman–Crippen MR) is 127 cm³/mol. The number of nitrogens with one attached hydrogen (secondary N) is 1. The van der Waals surface area contributed by atoms with E-state index in [4.69, 9.17) is 18.7 Å². The highest BCUT2D eigenvalue weighted by Gasteiger charge is 2.38. The molecule has 0 amide bonds. The molecule has 0 fully saturated rings. The van der Waals surface area contributed by atoms with Crippen LogP contribution in [0.15, 0.2) is 64.3 Å². The van der Waals surface area contributed by atoms with E-state index in [0.717, 1.165) is 22.1 Å². The molecule has 3 rings (SSSR count). The molecule has 3 aromatic rings. The van der Waals surface area contributed by atoms with E-state index in [9.17, 15) is 14.2 Å². The van der Waals surface area contributed by atoms with Crippen LogP contribution in [0.1, 0.15) is 25.2 Å². The molecular weight excluding hydrogens is 463 g/mol. The van der Waals surface area contributed by atoms with E-state index in [-0.39, 0.29) is 19.0 Å². The molecule has 0 radical (unpaired) electrons. The molecule has 182 valence electrons. The van der Waals surface area contributed by atoms with Crippen molar-refractivity contribution in [2.75, 3.05) is 32.8 Å². The number of hydrogen-bond donors (Lipinski definition) is 1. The van der Waals surface area contributed by atoms with E-state index in [1.165, 1.54) is 14.2 Å². The van der Waals surface area contributed by atoms with Gasteiger partial charge in [-0.25, -0.2) is 4.79 Å². The maximum atomic E-state index is 13.8. The molecule has 0 aliphatic rings. The van der Waals surface area contributed by atoms with Crippen LogP contribution in [0.3, 0.4) is 0 Å². The highest BCUT2D eigenvalue weighted by Crippen LogP contribution is 2.60. The van der Waals surface area contributed by atoms with Crippen molar-refractivity contribution in [2.45, 2.75) is 19.6 Å². The van der Waals surface area contributed by atoms with Gasteiger partial charge in [-0.1, -0.05) is 35.1 Å². The minimum absolute atomic E-state index is 0.0516. The van der Waals surface area contributed by atoms with Crippen molar-refractivity contribution in [3.63, 3.8) is 0 Å². The lowest BCUT2D eigenvalue weighted by molar-refractivity contribution is 0.0941. The molecule has 1 N–H and O–H groups in total. The monoisotopic (exact) mass is 490 g/mol. The Morgan fingerprint density at radius 3 is 2.15 bits per heavy atom. The van der Waals surface area contributed by atoms with Crippen molar-refractivity contribution in [2.24, 2.45) is 0 Å². The molecule has 1 unspecified atom stereocenters. The number of pyridine rings is 1. The Morgan fingerprint density at radius 2 is 1.62 bits per heavy atom. The number of aromatic nitrogens is 3. The summed E-state index contributed by atoms with van der Waals surface area (Å²) in [5, 5.41) is 2.96. The van der Waals surface area contributed by atoms with Crippen molar-refractivity contribution in [1.82, 2.24) is 14.4 Å². The summed E-state index contributed by atoms with van der Waals surface area (Å²) < 4.78 is 26.3. The van der Waals surface area contributed by atoms with Crippen molar-refractivity contribution in [3.05, 3.63) is 81.1 Å². The predicted octanol–water partition coefficient (Wildman–Crippen LogP) is 2.57. The van der Waals surface area contributed by atoms with Crippen molar-refractivity contribution in [1.29, 1.82) is 0 Å². The molecule has 2 aromatic heterocycles. The maximum absolute atomic E-state index is 13.8. The average molecular weight is 490 g/mol. The normalized spacial score (nSPS) is 12.2. The van der Waals surface area contributed by atoms with Crippen LogP contribution in [0.2, 0.25) is 0 Å². The van der Waals surface area contributed by atoms with E-state index in [0.29, 0.717) is 10.3 Å². The molecule has 1 aromatic carbocycles. The SMILES string of the molecule is CCOP(=O)(OCC)C(Nc1cc(=O)n(OC)c(=O)n1OC)c1ccc(-c2ccccn2)cc1. The summed E-state index contributed by atoms with van der Waals surface area (Å²) >= 11 is 0. The van der Waals surface area contributed by atoms with Gasteiger partial charge in [-0.2, -0.15) is 0 Å². The van der Waals surface area contributed by atoms with Crippen LogP contribution in [0, 0.1) is 0 Å². The Bertz CT molecular complexity index is 1250. The third-order valence-electron chi connectivity index (χ3n) is 4.80. The minimum atomic E-state index is -3.82. The first-order chi connectivity index (χ1) is 16.4. The van der Waals surface area contributed by atoms with Gasteiger partial charge >= 0.3 is 13.3 Å². The van der Waals surface area contributed by atoms with Crippen LogP contribution in [0.4, 0.5) is 5.82 Å². The number of anilines is 1. The largest absolute Gasteiger partial charge is 0.411 e. The van der Waals surface area contributed by atoms with E-state index in [2.05, 4.69) is 10.3 Å². The van der Waals surface area contributed by atoms with Crippen molar-refractivity contribution in [3.8, 4) is 11.3 Å². The van der Waals surface area contributed by atoms with E-state index >= 15 is 0 Å². The molecule has 0 aliphatic heterocycles. The number of rotatable bonds is 11. The third kappa shape index (κ3) is 5.22. The zero-order valence-electron chi connectivity index (χ0n) is 19.3. The first-order valence-corrected chi connectivity index (χ1v) is 12.1. The molecule has 0 aliphatic carbocycles. The molecule has 34 heavy (non-hydrogen) atoms. The third-order valence-corrected chi connectivity index (χ3v) is 7.09. The lowest BCUT2D eigenvalue weighted by atomic mass is 10.1. The second-order valence-corrected chi connectivity index (χ2v) is 8.98. The second-order valence-electron chi connectivity index (χ2n) is 6.86. The molecule has 0 spiro atoms. The number of benzene rings is 1. The van der Waals surface area contributed by atoms with Crippen LogP contribution in [0.25, 0.3) is 11.3 Å². The minimum Gasteiger partial charge on any atom is -0.411 e. The zero-order chi connectivity index (χ0) is 24.7. The quantitative estimate of drug-likeness (QED) is 0.404. The molecule has 0 saturated heterocycles. The molecule has 11 nitrogen and oxygen atoms in total. The number of nitrogens with zero attached hydrogens (tertiary/aromatic N) is 3. The smallest absolute Gasteiger partial charge is 0.399 e. The van der Waals surface area contributed by atoms with Gasteiger partial charge in [0.2, 0.25) is 0 Å². The van der Waals surface area contributed by atoms with Gasteiger partial charge in [-0.05, 0) is 31.5 Å². The van der Waals surface area contributed by atoms with Gasteiger partial charge in [0.25, 0.3) is 5.56 Å². The molecule has 1 atom stereocenters. The van der Waals surface area contributed by atoms with Gasteiger partial charge in [0.05, 0.1) is 25.0 Å². The summed E-state index contributed by atoms with van der Waals surface area (Å²) in [6, 6.07) is 13.8. The lowest BCUT2D eigenvalue weighted by Gasteiger charge is -2.28. The molecule has 0 bridgehead atoms. The fourth-order valence-electron chi connectivity index (χ4n) is 3.36. The molecule has 2 heterocycles. The van der Waals surface area contributed by atoms with Crippen LogP contribution in [-0.2, 0) is 13.6 Å². The first kappa shape index (κ1) is 25.2. The van der Waals surface area contributed by atoms with Crippen LogP contribution < -0.4 is 26.2 Å². The fourth-order valence-corrected chi connectivity index (χ4v) is 5.28. The highest BCUT2D eigenvalue weighted by atomic mass is 31.2. The fraction of sp³-hybridized carbons (Fsp3) is 0.318. The molecule has 12 heteroatoms. The Labute approximate surface area is 196 Å². The van der Waals surface area contributed by atoms with Crippen LogP contribution in [0.5, 0.6) is 0 Å². The summed E-state index contributed by atoms with van der Waals surface area (Å²) in [6.45, 7) is 3.61. The summed E-state index contributed by atoms with van der Waals surface area (Å²) in [4.78, 5) is 39.3. The molecular formula is C22H27N4O7P. The van der Waals surface area contributed by atoms with Gasteiger partial charge in [0.1, 0.15) is 14.2 Å². The van der Waals surface area contributed by atoms with Gasteiger partial charge in [-0.15, -0.1) is 4.73 Å². The van der Waals surface area contributed by atoms with Crippen molar-refractivity contribution >= 4 is 13.4 Å². The summed E-state index contributed by atoms with van der Waals surface area (Å²) in [5.41, 5.74) is 0.535. The highest BCUT2D eigenvalue weighted by molar-refractivity contribution is 7.54. The Kier molecular flexibility index (Phi) is 8.27. The standard InChI is InChI=1S/C22H27N4O7P/c1-5-32-34(29,33-6-2)21(17-12-10-16(11-13-17)18-9-7-8-14-23-18)24-19-15-20(27)26(31-4)22(28)25(19)30-3/h7-15,21,24H,5-6H2,1-4H3. The van der Waals surface area contributed by atoms with E-state index in [1.54, 1.807) is 32.2 Å². The molecule has 0 saturated carbocycles. The first-order valence-electron chi connectivity index (χ1n) is 10.5. The Morgan fingerprint density at radius 1 is 0.971 bits per heavy atom.